The standard InChI is InChI=1S/C17H15FN2O2S/c1-11-4-3-5-13(8-11)20(2)16(21)10-22-17-19-14-9-12(18)6-7-15(14)23-17/h3-9H,10H2,1-2H3. The molecule has 2 aromatic carbocycles. The van der Waals surface area contributed by atoms with E-state index in [0.717, 1.165) is 16.0 Å². The average molecular weight is 330 g/mol. The number of fused-ring (bicyclic) bond motifs is 1. The van der Waals surface area contributed by atoms with Crippen molar-refractivity contribution < 1.29 is 13.9 Å². The van der Waals surface area contributed by atoms with Crippen LogP contribution in [0.3, 0.4) is 0 Å². The molecule has 0 aliphatic carbocycles. The Balaban J connectivity index is 1.67. The van der Waals surface area contributed by atoms with E-state index in [1.165, 1.54) is 23.5 Å². The minimum Gasteiger partial charge on any atom is -0.460 e. The molecule has 0 aliphatic heterocycles. The largest absolute Gasteiger partial charge is 0.460 e. The van der Waals surface area contributed by atoms with Crippen LogP contribution in [0.4, 0.5) is 10.1 Å². The smallest absolute Gasteiger partial charge is 0.274 e. The predicted octanol–water partition coefficient (Wildman–Crippen LogP) is 3.79. The first-order valence-corrected chi connectivity index (χ1v) is 7.87. The molecule has 1 heterocycles. The fourth-order valence-corrected chi connectivity index (χ4v) is 2.94. The molecule has 0 N–H and O–H groups in total. The van der Waals surface area contributed by atoms with E-state index < -0.39 is 0 Å². The summed E-state index contributed by atoms with van der Waals surface area (Å²) in [6.45, 7) is 1.85. The van der Waals surface area contributed by atoms with Crippen LogP contribution in [0.15, 0.2) is 42.5 Å². The van der Waals surface area contributed by atoms with Crippen LogP contribution < -0.4 is 9.64 Å². The van der Waals surface area contributed by atoms with E-state index in [2.05, 4.69) is 4.98 Å². The van der Waals surface area contributed by atoms with Crippen molar-refractivity contribution in [3.05, 3.63) is 53.8 Å². The first kappa shape index (κ1) is 15.4. The monoisotopic (exact) mass is 330 g/mol. The van der Waals surface area contributed by atoms with Crippen LogP contribution in [0.1, 0.15) is 5.56 Å². The van der Waals surface area contributed by atoms with Crippen LogP contribution in [0, 0.1) is 12.7 Å². The van der Waals surface area contributed by atoms with Crippen LogP contribution in [-0.4, -0.2) is 24.5 Å². The number of hydrogen-bond donors (Lipinski definition) is 0. The predicted molar refractivity (Wildman–Crippen MR) is 89.7 cm³/mol. The van der Waals surface area contributed by atoms with Gasteiger partial charge in [-0.25, -0.2) is 9.37 Å². The van der Waals surface area contributed by atoms with Crippen molar-refractivity contribution in [1.29, 1.82) is 0 Å². The first-order chi connectivity index (χ1) is 11.0. The van der Waals surface area contributed by atoms with Crippen molar-refractivity contribution in [3.8, 4) is 5.19 Å². The van der Waals surface area contributed by atoms with Crippen LogP contribution in [0.2, 0.25) is 0 Å². The Kier molecular flexibility index (Phi) is 4.25. The molecule has 0 spiro atoms. The lowest BCUT2D eigenvalue weighted by atomic mass is 10.2. The number of carbonyl (C=O) groups excluding carboxylic acids is 1. The van der Waals surface area contributed by atoms with Crippen LogP contribution in [0.5, 0.6) is 5.19 Å². The van der Waals surface area contributed by atoms with Gasteiger partial charge in [0.1, 0.15) is 5.82 Å². The summed E-state index contributed by atoms with van der Waals surface area (Å²) in [4.78, 5) is 17.9. The Hall–Kier alpha value is -2.47. The molecular weight excluding hydrogens is 315 g/mol. The van der Waals surface area contributed by atoms with E-state index in [1.807, 2.05) is 31.2 Å². The zero-order valence-electron chi connectivity index (χ0n) is 12.7. The third-order valence-corrected chi connectivity index (χ3v) is 4.36. The molecule has 4 nitrogen and oxygen atoms in total. The molecule has 1 aromatic heterocycles. The zero-order chi connectivity index (χ0) is 16.4. The molecular formula is C17H15FN2O2S. The van der Waals surface area contributed by atoms with E-state index in [0.29, 0.717) is 10.7 Å². The summed E-state index contributed by atoms with van der Waals surface area (Å²) in [5.41, 5.74) is 2.42. The van der Waals surface area contributed by atoms with Crippen LogP contribution >= 0.6 is 11.3 Å². The number of carbonyl (C=O) groups is 1. The van der Waals surface area contributed by atoms with Gasteiger partial charge in [0, 0.05) is 18.8 Å². The number of aromatic nitrogens is 1. The third kappa shape index (κ3) is 3.48. The van der Waals surface area contributed by atoms with Crippen molar-refractivity contribution in [2.45, 2.75) is 6.92 Å². The Bertz CT molecular complexity index is 863. The van der Waals surface area contributed by atoms with E-state index in [-0.39, 0.29) is 18.3 Å². The van der Waals surface area contributed by atoms with Gasteiger partial charge in [0.15, 0.2) is 6.61 Å². The minimum atomic E-state index is -0.343. The van der Waals surface area contributed by atoms with Gasteiger partial charge < -0.3 is 9.64 Å². The summed E-state index contributed by atoms with van der Waals surface area (Å²) in [6, 6.07) is 12.0. The molecule has 118 valence electrons. The zero-order valence-corrected chi connectivity index (χ0v) is 13.6. The molecule has 0 aliphatic rings. The number of likely N-dealkylation sites (N-methyl/N-ethyl adjacent to an activating group) is 1. The van der Waals surface area contributed by atoms with Gasteiger partial charge in [-0.2, -0.15) is 0 Å². The summed E-state index contributed by atoms with van der Waals surface area (Å²) < 4.78 is 19.4. The molecule has 0 fully saturated rings. The molecule has 3 aromatic rings. The van der Waals surface area contributed by atoms with Gasteiger partial charge in [-0.1, -0.05) is 23.5 Å². The van der Waals surface area contributed by atoms with Crippen molar-refractivity contribution in [3.63, 3.8) is 0 Å². The van der Waals surface area contributed by atoms with Crippen LogP contribution in [0.25, 0.3) is 10.2 Å². The van der Waals surface area contributed by atoms with Crippen molar-refractivity contribution in [1.82, 2.24) is 4.98 Å². The Labute approximate surface area is 137 Å². The highest BCUT2D eigenvalue weighted by atomic mass is 32.1. The van der Waals surface area contributed by atoms with Gasteiger partial charge in [-0.05, 0) is 36.8 Å². The van der Waals surface area contributed by atoms with Gasteiger partial charge in [0.2, 0.25) is 0 Å². The van der Waals surface area contributed by atoms with Gasteiger partial charge in [-0.15, -0.1) is 0 Å². The number of aryl methyl sites for hydroxylation is 1. The second-order valence-corrected chi connectivity index (χ2v) is 6.17. The Morgan fingerprint density at radius 3 is 2.91 bits per heavy atom. The van der Waals surface area contributed by atoms with Crippen molar-refractivity contribution in [2.75, 3.05) is 18.6 Å². The first-order valence-electron chi connectivity index (χ1n) is 7.05. The molecule has 0 radical (unpaired) electrons. The molecule has 0 bridgehead atoms. The molecule has 0 saturated heterocycles. The molecule has 0 saturated carbocycles. The van der Waals surface area contributed by atoms with Gasteiger partial charge in [0.25, 0.3) is 11.1 Å². The Morgan fingerprint density at radius 2 is 2.13 bits per heavy atom. The maximum Gasteiger partial charge on any atom is 0.274 e. The fraction of sp³-hybridized carbons (Fsp3) is 0.176. The number of thiazole rings is 1. The van der Waals surface area contributed by atoms with Crippen molar-refractivity contribution >= 4 is 33.1 Å². The number of benzene rings is 2. The second kappa shape index (κ2) is 6.34. The molecule has 0 unspecified atom stereocenters. The fourth-order valence-electron chi connectivity index (χ4n) is 2.14. The molecule has 3 rings (SSSR count). The van der Waals surface area contributed by atoms with Crippen molar-refractivity contribution in [2.24, 2.45) is 0 Å². The lowest BCUT2D eigenvalue weighted by Crippen LogP contribution is -2.31. The van der Waals surface area contributed by atoms with Gasteiger partial charge >= 0.3 is 0 Å². The summed E-state index contributed by atoms with van der Waals surface area (Å²) in [5.74, 6) is -0.523. The summed E-state index contributed by atoms with van der Waals surface area (Å²) >= 11 is 1.29. The maximum atomic E-state index is 13.1. The van der Waals surface area contributed by atoms with Gasteiger partial charge in [0.05, 0.1) is 10.2 Å². The van der Waals surface area contributed by atoms with E-state index in [9.17, 15) is 9.18 Å². The Morgan fingerprint density at radius 1 is 1.30 bits per heavy atom. The number of ether oxygens (including phenoxy) is 1. The third-order valence-electron chi connectivity index (χ3n) is 3.41. The van der Waals surface area contributed by atoms with E-state index in [1.54, 1.807) is 18.0 Å². The van der Waals surface area contributed by atoms with E-state index in [4.69, 9.17) is 4.74 Å². The number of anilines is 1. The molecule has 23 heavy (non-hydrogen) atoms. The lowest BCUT2D eigenvalue weighted by Gasteiger charge is -2.17. The molecule has 6 heteroatoms. The highest BCUT2D eigenvalue weighted by Gasteiger charge is 2.13. The van der Waals surface area contributed by atoms with E-state index >= 15 is 0 Å². The highest BCUT2D eigenvalue weighted by Crippen LogP contribution is 2.28. The number of rotatable bonds is 4. The minimum absolute atomic E-state index is 0.118. The number of nitrogens with zero attached hydrogens (tertiary/aromatic N) is 2. The SMILES string of the molecule is Cc1cccc(N(C)C(=O)COc2nc3cc(F)ccc3s2)c1. The lowest BCUT2D eigenvalue weighted by molar-refractivity contribution is -0.120. The molecule has 1 amide bonds. The number of halogens is 1. The summed E-state index contributed by atoms with van der Waals surface area (Å²) in [6.07, 6.45) is 0. The summed E-state index contributed by atoms with van der Waals surface area (Å²) in [7, 11) is 1.70. The molecule has 0 atom stereocenters. The second-order valence-electron chi connectivity index (χ2n) is 5.17. The number of amides is 1. The average Bonchev–Trinajstić information content (AvgIpc) is 2.93. The van der Waals surface area contributed by atoms with Gasteiger partial charge in [-0.3, -0.25) is 4.79 Å². The quantitative estimate of drug-likeness (QED) is 0.731. The summed E-state index contributed by atoms with van der Waals surface area (Å²) in [5, 5.41) is 0.358. The highest BCUT2D eigenvalue weighted by molar-refractivity contribution is 7.20. The number of hydrogen-bond acceptors (Lipinski definition) is 4. The topological polar surface area (TPSA) is 42.4 Å². The normalized spacial score (nSPS) is 10.7. The van der Waals surface area contributed by atoms with Crippen LogP contribution in [-0.2, 0) is 4.79 Å². The maximum absolute atomic E-state index is 13.1.